The van der Waals surface area contributed by atoms with E-state index in [2.05, 4.69) is 29.3 Å². The van der Waals surface area contributed by atoms with Crippen molar-refractivity contribution in [1.82, 2.24) is 20.3 Å². The van der Waals surface area contributed by atoms with Crippen LogP contribution in [0.4, 0.5) is 0 Å². The van der Waals surface area contributed by atoms with Crippen LogP contribution in [-0.4, -0.2) is 39.3 Å². The highest BCUT2D eigenvalue weighted by molar-refractivity contribution is 5.97. The van der Waals surface area contributed by atoms with Crippen LogP contribution >= 0.6 is 0 Å². The first kappa shape index (κ1) is 16.9. The fourth-order valence-electron chi connectivity index (χ4n) is 4.09. The third-order valence-electron chi connectivity index (χ3n) is 5.38. The van der Waals surface area contributed by atoms with Gasteiger partial charge in [-0.05, 0) is 42.9 Å². The summed E-state index contributed by atoms with van der Waals surface area (Å²) in [5, 5.41) is 10.7. The van der Waals surface area contributed by atoms with E-state index in [0.29, 0.717) is 5.56 Å². The van der Waals surface area contributed by atoms with Crippen molar-refractivity contribution in [2.24, 2.45) is 11.8 Å². The number of hydrogen-bond donors (Lipinski definition) is 1. The van der Waals surface area contributed by atoms with Gasteiger partial charge in [0.25, 0.3) is 5.91 Å². The van der Waals surface area contributed by atoms with Crippen LogP contribution in [0.25, 0.3) is 11.0 Å². The van der Waals surface area contributed by atoms with Crippen molar-refractivity contribution >= 4 is 16.9 Å². The first-order valence-electron chi connectivity index (χ1n) is 9.32. The molecule has 1 aromatic heterocycles. The van der Waals surface area contributed by atoms with E-state index >= 15 is 0 Å². The maximum atomic E-state index is 12.8. The van der Waals surface area contributed by atoms with Gasteiger partial charge in [0.15, 0.2) is 0 Å². The molecule has 0 atom stereocenters. The van der Waals surface area contributed by atoms with Crippen molar-refractivity contribution in [2.75, 3.05) is 13.1 Å². The summed E-state index contributed by atoms with van der Waals surface area (Å²) in [7, 11) is 0. The first-order valence-corrected chi connectivity index (χ1v) is 9.32. The monoisotopic (exact) mass is 328 g/mol. The number of hydrogen-bond acceptors (Lipinski definition) is 3. The molecule has 0 bridgehead atoms. The number of nitrogens with one attached hydrogen (secondary N) is 1. The standard InChI is InChI=1S/C19H28N4O/c1-3-5-14(6-4-2)15-9-11-23(12-10-15)19(24)16-7-8-17-18(13-16)21-22-20-17/h7-8,13-15H,3-6,9-12H2,1-2H3,(H,20,21,22). The van der Waals surface area contributed by atoms with Crippen molar-refractivity contribution in [3.05, 3.63) is 23.8 Å². The molecular weight excluding hydrogens is 300 g/mol. The summed E-state index contributed by atoms with van der Waals surface area (Å²) in [6, 6.07) is 5.55. The summed E-state index contributed by atoms with van der Waals surface area (Å²) in [5.41, 5.74) is 2.27. The van der Waals surface area contributed by atoms with Crippen LogP contribution in [0.2, 0.25) is 0 Å². The lowest BCUT2D eigenvalue weighted by atomic mass is 9.79. The van der Waals surface area contributed by atoms with Crippen LogP contribution in [0.3, 0.4) is 0 Å². The zero-order chi connectivity index (χ0) is 16.9. The Morgan fingerprint density at radius 2 is 1.83 bits per heavy atom. The number of fused-ring (bicyclic) bond motifs is 1. The molecule has 1 aromatic carbocycles. The molecule has 1 fully saturated rings. The zero-order valence-electron chi connectivity index (χ0n) is 14.8. The largest absolute Gasteiger partial charge is 0.339 e. The highest BCUT2D eigenvalue weighted by Crippen LogP contribution is 2.32. The molecule has 1 amide bonds. The van der Waals surface area contributed by atoms with Gasteiger partial charge in [0.2, 0.25) is 0 Å². The molecule has 0 saturated carbocycles. The Bertz CT molecular complexity index is 667. The summed E-state index contributed by atoms with van der Waals surface area (Å²) in [6.07, 6.45) is 7.47. The minimum atomic E-state index is 0.126. The van der Waals surface area contributed by atoms with E-state index in [1.54, 1.807) is 0 Å². The van der Waals surface area contributed by atoms with Crippen LogP contribution in [-0.2, 0) is 0 Å². The Morgan fingerprint density at radius 3 is 2.50 bits per heavy atom. The van der Waals surface area contributed by atoms with Gasteiger partial charge < -0.3 is 4.90 Å². The Labute approximate surface area is 143 Å². The van der Waals surface area contributed by atoms with Crippen molar-refractivity contribution in [3.63, 3.8) is 0 Å². The number of aromatic nitrogens is 3. The molecule has 3 rings (SSSR count). The SMILES string of the molecule is CCCC(CCC)C1CCN(C(=O)c2ccc3n[nH]nc3c2)CC1. The topological polar surface area (TPSA) is 61.9 Å². The molecule has 5 heteroatoms. The second kappa shape index (κ2) is 7.77. The number of rotatable bonds is 6. The van der Waals surface area contributed by atoms with Gasteiger partial charge in [-0.15, -0.1) is 0 Å². The van der Waals surface area contributed by atoms with E-state index in [0.717, 1.165) is 48.8 Å². The summed E-state index contributed by atoms with van der Waals surface area (Å²) < 4.78 is 0. The number of carbonyl (C=O) groups excluding carboxylic acids is 1. The van der Waals surface area contributed by atoms with E-state index in [1.807, 2.05) is 23.1 Å². The Kier molecular flexibility index (Phi) is 5.48. The highest BCUT2D eigenvalue weighted by Gasteiger charge is 2.28. The molecule has 1 saturated heterocycles. The van der Waals surface area contributed by atoms with Gasteiger partial charge in [-0.3, -0.25) is 4.79 Å². The second-order valence-electron chi connectivity index (χ2n) is 6.99. The lowest BCUT2D eigenvalue weighted by Gasteiger charge is -2.36. The summed E-state index contributed by atoms with van der Waals surface area (Å²) in [5.74, 6) is 1.75. The van der Waals surface area contributed by atoms with Crippen molar-refractivity contribution < 1.29 is 4.79 Å². The number of benzene rings is 1. The quantitative estimate of drug-likeness (QED) is 0.871. The van der Waals surface area contributed by atoms with E-state index in [4.69, 9.17) is 0 Å². The average molecular weight is 328 g/mol. The lowest BCUT2D eigenvalue weighted by molar-refractivity contribution is 0.0648. The molecule has 0 radical (unpaired) electrons. The number of aromatic amines is 1. The summed E-state index contributed by atoms with van der Waals surface area (Å²) >= 11 is 0. The fourth-order valence-corrected chi connectivity index (χ4v) is 4.09. The minimum absolute atomic E-state index is 0.126. The molecule has 24 heavy (non-hydrogen) atoms. The number of amides is 1. The summed E-state index contributed by atoms with van der Waals surface area (Å²) in [4.78, 5) is 14.8. The zero-order valence-corrected chi connectivity index (χ0v) is 14.8. The Hall–Kier alpha value is -1.91. The number of likely N-dealkylation sites (tertiary alicyclic amines) is 1. The van der Waals surface area contributed by atoms with E-state index in [9.17, 15) is 4.79 Å². The smallest absolute Gasteiger partial charge is 0.253 e. The lowest BCUT2D eigenvalue weighted by Crippen LogP contribution is -2.40. The van der Waals surface area contributed by atoms with Gasteiger partial charge in [0.05, 0.1) is 0 Å². The molecule has 0 aliphatic carbocycles. The third kappa shape index (κ3) is 3.60. The first-order chi connectivity index (χ1) is 11.7. The number of carbonyl (C=O) groups is 1. The molecule has 0 unspecified atom stereocenters. The van der Waals surface area contributed by atoms with Crippen LogP contribution in [0.1, 0.15) is 62.7 Å². The highest BCUT2D eigenvalue weighted by atomic mass is 16.2. The maximum Gasteiger partial charge on any atom is 0.253 e. The predicted octanol–water partition coefficient (Wildman–Crippen LogP) is 4.03. The third-order valence-corrected chi connectivity index (χ3v) is 5.38. The van der Waals surface area contributed by atoms with Crippen LogP contribution < -0.4 is 0 Å². The fraction of sp³-hybridized carbons (Fsp3) is 0.632. The molecule has 1 aliphatic rings. The van der Waals surface area contributed by atoms with E-state index in [-0.39, 0.29) is 5.91 Å². The van der Waals surface area contributed by atoms with Gasteiger partial charge in [-0.1, -0.05) is 39.5 Å². The van der Waals surface area contributed by atoms with Gasteiger partial charge >= 0.3 is 0 Å². The van der Waals surface area contributed by atoms with Crippen molar-refractivity contribution in [2.45, 2.75) is 52.4 Å². The van der Waals surface area contributed by atoms with Crippen LogP contribution in [0.15, 0.2) is 18.2 Å². The average Bonchev–Trinajstić information content (AvgIpc) is 3.09. The number of piperidine rings is 1. The van der Waals surface area contributed by atoms with E-state index in [1.165, 1.54) is 25.7 Å². The second-order valence-corrected chi connectivity index (χ2v) is 6.99. The molecule has 2 heterocycles. The van der Waals surface area contributed by atoms with Gasteiger partial charge in [0.1, 0.15) is 11.0 Å². The molecule has 130 valence electrons. The Morgan fingerprint density at radius 1 is 1.17 bits per heavy atom. The minimum Gasteiger partial charge on any atom is -0.339 e. The maximum absolute atomic E-state index is 12.8. The summed E-state index contributed by atoms with van der Waals surface area (Å²) in [6.45, 7) is 6.32. The van der Waals surface area contributed by atoms with Crippen molar-refractivity contribution in [1.29, 1.82) is 0 Å². The molecule has 0 spiro atoms. The van der Waals surface area contributed by atoms with E-state index < -0.39 is 0 Å². The molecule has 2 aromatic rings. The number of H-pyrrole nitrogens is 1. The van der Waals surface area contributed by atoms with Gasteiger partial charge in [-0.25, -0.2) is 0 Å². The van der Waals surface area contributed by atoms with Gasteiger partial charge in [0, 0.05) is 18.7 Å². The normalized spacial score (nSPS) is 16.2. The molecular formula is C19H28N4O. The van der Waals surface area contributed by atoms with Gasteiger partial charge in [-0.2, -0.15) is 15.4 Å². The number of nitrogens with zero attached hydrogens (tertiary/aromatic N) is 3. The Balaban J connectivity index is 1.62. The molecule has 1 aliphatic heterocycles. The van der Waals surface area contributed by atoms with Crippen molar-refractivity contribution in [3.8, 4) is 0 Å². The molecule has 5 nitrogen and oxygen atoms in total. The van der Waals surface area contributed by atoms with Crippen LogP contribution in [0.5, 0.6) is 0 Å². The predicted molar refractivity (Wildman–Crippen MR) is 95.8 cm³/mol. The molecule has 1 N–H and O–H groups in total. The van der Waals surface area contributed by atoms with Crippen LogP contribution in [0, 0.1) is 11.8 Å².